The Bertz CT molecular complexity index is 1400. The lowest BCUT2D eigenvalue weighted by atomic mass is 10.1. The summed E-state index contributed by atoms with van der Waals surface area (Å²) in [6.45, 7) is 1.44. The number of nitrogens with one attached hydrogen (secondary N) is 1. The average molecular weight is 603 g/mol. The third kappa shape index (κ3) is 7.36. The van der Waals surface area contributed by atoms with Gasteiger partial charge < -0.3 is 10.2 Å². The second kappa shape index (κ2) is 13.5. The molecule has 40 heavy (non-hydrogen) atoms. The van der Waals surface area contributed by atoms with Crippen LogP contribution < -0.4 is 9.62 Å². The molecule has 1 aliphatic rings. The average Bonchev–Trinajstić information content (AvgIpc) is 3.45. The van der Waals surface area contributed by atoms with Crippen LogP contribution in [-0.2, 0) is 26.2 Å². The van der Waals surface area contributed by atoms with E-state index in [1.807, 2.05) is 37.3 Å². The Labute approximate surface area is 246 Å². The summed E-state index contributed by atoms with van der Waals surface area (Å²) in [7, 11) is -4.19. The van der Waals surface area contributed by atoms with Crippen molar-refractivity contribution in [3.63, 3.8) is 0 Å². The van der Waals surface area contributed by atoms with Gasteiger partial charge in [0.1, 0.15) is 12.6 Å². The molecule has 0 radical (unpaired) electrons. The maximum atomic E-state index is 14.1. The summed E-state index contributed by atoms with van der Waals surface area (Å²) in [6, 6.07) is 20.9. The van der Waals surface area contributed by atoms with E-state index in [4.69, 9.17) is 23.2 Å². The summed E-state index contributed by atoms with van der Waals surface area (Å²) in [5.74, 6) is -0.755. The van der Waals surface area contributed by atoms with Gasteiger partial charge in [0, 0.05) is 22.6 Å². The monoisotopic (exact) mass is 601 g/mol. The molecule has 1 N–H and O–H groups in total. The summed E-state index contributed by atoms with van der Waals surface area (Å²) in [4.78, 5) is 29.0. The van der Waals surface area contributed by atoms with Gasteiger partial charge in [-0.25, -0.2) is 8.42 Å². The van der Waals surface area contributed by atoms with Crippen LogP contribution in [0.3, 0.4) is 0 Å². The Morgan fingerprint density at radius 3 is 2.08 bits per heavy atom. The summed E-state index contributed by atoms with van der Waals surface area (Å²) in [5.41, 5.74) is 0.976. The predicted octanol–water partition coefficient (Wildman–Crippen LogP) is 6.05. The number of benzene rings is 3. The molecule has 1 atom stereocenters. The topological polar surface area (TPSA) is 86.8 Å². The maximum absolute atomic E-state index is 14.1. The largest absolute Gasteiger partial charge is 0.352 e. The van der Waals surface area contributed by atoms with Gasteiger partial charge in [0.05, 0.1) is 10.6 Å². The fourth-order valence-corrected chi connectivity index (χ4v) is 6.93. The van der Waals surface area contributed by atoms with Gasteiger partial charge in [0.2, 0.25) is 11.8 Å². The van der Waals surface area contributed by atoms with Gasteiger partial charge in [0.25, 0.3) is 10.0 Å². The standard InChI is InChI=1S/C30H33Cl2N3O4S/c1-2-28(30(37)33-25-13-9-10-14-25)34(20-22-11-5-3-6-12-22)29(36)21-35(26-18-23(31)17-24(32)19-26)40(38,39)27-15-7-4-8-16-27/h3-8,11-12,15-19,25,28H,2,9-10,13-14,20-21H2,1H3,(H,33,37)/t28-/m1/s1. The fourth-order valence-electron chi connectivity index (χ4n) is 5.00. The van der Waals surface area contributed by atoms with Crippen molar-refractivity contribution in [2.45, 2.75) is 62.6 Å². The van der Waals surface area contributed by atoms with Gasteiger partial charge in [-0.2, -0.15) is 0 Å². The van der Waals surface area contributed by atoms with Crippen LogP contribution in [0.4, 0.5) is 5.69 Å². The molecule has 0 aliphatic heterocycles. The molecule has 0 unspecified atom stereocenters. The van der Waals surface area contributed by atoms with Crippen molar-refractivity contribution in [3.05, 3.63) is 94.5 Å². The fraction of sp³-hybridized carbons (Fsp3) is 0.333. The zero-order valence-electron chi connectivity index (χ0n) is 22.3. The number of nitrogens with zero attached hydrogens (tertiary/aromatic N) is 2. The Morgan fingerprint density at radius 2 is 1.50 bits per heavy atom. The van der Waals surface area contributed by atoms with Crippen molar-refractivity contribution in [2.24, 2.45) is 0 Å². The number of rotatable bonds is 11. The zero-order valence-corrected chi connectivity index (χ0v) is 24.6. The minimum atomic E-state index is -4.19. The van der Waals surface area contributed by atoms with Crippen molar-refractivity contribution >= 4 is 50.7 Å². The molecule has 3 aromatic rings. The van der Waals surface area contributed by atoms with Gasteiger partial charge in [-0.3, -0.25) is 13.9 Å². The Balaban J connectivity index is 1.72. The zero-order chi connectivity index (χ0) is 28.7. The van der Waals surface area contributed by atoms with E-state index in [1.54, 1.807) is 18.2 Å². The third-order valence-corrected chi connectivity index (χ3v) is 9.25. The Hall–Kier alpha value is -3.07. The van der Waals surface area contributed by atoms with Crippen LogP contribution in [0.15, 0.2) is 83.8 Å². The molecule has 10 heteroatoms. The van der Waals surface area contributed by atoms with E-state index in [-0.39, 0.29) is 39.1 Å². The van der Waals surface area contributed by atoms with Crippen LogP contribution in [0.25, 0.3) is 0 Å². The Morgan fingerprint density at radius 1 is 0.925 bits per heavy atom. The number of anilines is 1. The molecule has 0 heterocycles. The lowest BCUT2D eigenvalue weighted by Crippen LogP contribution is -2.53. The lowest BCUT2D eigenvalue weighted by molar-refractivity contribution is -0.140. The summed E-state index contributed by atoms with van der Waals surface area (Å²) >= 11 is 12.5. The highest BCUT2D eigenvalue weighted by Crippen LogP contribution is 2.30. The maximum Gasteiger partial charge on any atom is 0.264 e. The van der Waals surface area contributed by atoms with E-state index >= 15 is 0 Å². The van der Waals surface area contributed by atoms with Crippen LogP contribution in [0.1, 0.15) is 44.6 Å². The lowest BCUT2D eigenvalue weighted by Gasteiger charge is -2.33. The van der Waals surface area contributed by atoms with E-state index in [0.29, 0.717) is 6.42 Å². The van der Waals surface area contributed by atoms with Gasteiger partial charge in [0.15, 0.2) is 0 Å². The molecule has 0 saturated heterocycles. The normalized spacial score (nSPS) is 14.5. The molecular weight excluding hydrogens is 569 g/mol. The minimum Gasteiger partial charge on any atom is -0.352 e. The summed E-state index contributed by atoms with van der Waals surface area (Å²) in [6.07, 6.45) is 4.30. The molecule has 1 fully saturated rings. The molecule has 0 spiro atoms. The molecule has 1 aliphatic carbocycles. The first-order valence-electron chi connectivity index (χ1n) is 13.4. The molecule has 4 rings (SSSR count). The van der Waals surface area contributed by atoms with E-state index in [2.05, 4.69) is 5.32 Å². The number of carbonyl (C=O) groups excluding carboxylic acids is 2. The first-order valence-corrected chi connectivity index (χ1v) is 15.6. The van der Waals surface area contributed by atoms with E-state index in [9.17, 15) is 18.0 Å². The van der Waals surface area contributed by atoms with Crippen LogP contribution in [-0.4, -0.2) is 43.8 Å². The highest BCUT2D eigenvalue weighted by molar-refractivity contribution is 7.92. The highest BCUT2D eigenvalue weighted by Gasteiger charge is 2.34. The van der Waals surface area contributed by atoms with Gasteiger partial charge in [-0.15, -0.1) is 0 Å². The quantitative estimate of drug-likeness (QED) is 0.289. The van der Waals surface area contributed by atoms with Crippen molar-refractivity contribution in [3.8, 4) is 0 Å². The second-order valence-electron chi connectivity index (χ2n) is 9.87. The van der Waals surface area contributed by atoms with Gasteiger partial charge in [-0.05, 0) is 55.2 Å². The molecule has 212 valence electrons. The molecule has 0 bridgehead atoms. The number of halogens is 2. The van der Waals surface area contributed by atoms with E-state index in [1.165, 1.54) is 35.2 Å². The van der Waals surface area contributed by atoms with Crippen molar-refractivity contribution in [1.29, 1.82) is 0 Å². The predicted molar refractivity (Wildman–Crippen MR) is 159 cm³/mol. The van der Waals surface area contributed by atoms with Crippen LogP contribution >= 0.6 is 23.2 Å². The van der Waals surface area contributed by atoms with E-state index < -0.39 is 28.5 Å². The van der Waals surface area contributed by atoms with Gasteiger partial charge in [-0.1, -0.05) is 91.5 Å². The van der Waals surface area contributed by atoms with Crippen LogP contribution in [0.5, 0.6) is 0 Å². The van der Waals surface area contributed by atoms with Crippen molar-refractivity contribution in [2.75, 3.05) is 10.8 Å². The number of carbonyl (C=O) groups is 2. The highest BCUT2D eigenvalue weighted by atomic mass is 35.5. The molecule has 0 aromatic heterocycles. The molecule has 3 aromatic carbocycles. The summed E-state index contributed by atoms with van der Waals surface area (Å²) < 4.78 is 28.7. The number of hydrogen-bond acceptors (Lipinski definition) is 4. The molecule has 1 saturated carbocycles. The minimum absolute atomic E-state index is 0.0134. The van der Waals surface area contributed by atoms with Crippen LogP contribution in [0.2, 0.25) is 10.0 Å². The molecule has 7 nitrogen and oxygen atoms in total. The van der Waals surface area contributed by atoms with E-state index in [0.717, 1.165) is 35.6 Å². The molecular formula is C30H33Cl2N3O4S. The second-order valence-corrected chi connectivity index (χ2v) is 12.6. The van der Waals surface area contributed by atoms with Crippen LogP contribution in [0, 0.1) is 0 Å². The van der Waals surface area contributed by atoms with Crippen molar-refractivity contribution in [1.82, 2.24) is 10.2 Å². The number of sulfonamides is 1. The third-order valence-electron chi connectivity index (χ3n) is 7.03. The summed E-state index contributed by atoms with van der Waals surface area (Å²) in [5, 5.41) is 3.56. The SMILES string of the molecule is CC[C@H](C(=O)NC1CCCC1)N(Cc1ccccc1)C(=O)CN(c1cc(Cl)cc(Cl)c1)S(=O)(=O)c1ccccc1. The number of amides is 2. The first-order chi connectivity index (χ1) is 19.2. The smallest absolute Gasteiger partial charge is 0.264 e. The van der Waals surface area contributed by atoms with Crippen molar-refractivity contribution < 1.29 is 18.0 Å². The Kier molecular flexibility index (Phi) is 10.1. The number of hydrogen-bond donors (Lipinski definition) is 1. The molecule has 2 amide bonds. The van der Waals surface area contributed by atoms with Gasteiger partial charge >= 0.3 is 0 Å². The first kappa shape index (κ1) is 29.9.